The van der Waals surface area contributed by atoms with E-state index in [2.05, 4.69) is 0 Å². The first-order valence-corrected chi connectivity index (χ1v) is 6.36. The average Bonchev–Trinajstić information content (AvgIpc) is 2.87. The lowest BCUT2D eigenvalue weighted by atomic mass is 10.1. The van der Waals surface area contributed by atoms with Crippen LogP contribution in [0.15, 0.2) is 30.3 Å². The molecule has 1 fully saturated rings. The van der Waals surface area contributed by atoms with Crippen molar-refractivity contribution in [3.63, 3.8) is 0 Å². The van der Waals surface area contributed by atoms with Gasteiger partial charge in [-0.3, -0.25) is 4.79 Å². The number of carbonyl (C=O) groups excluding carboxylic acids is 1. The molecule has 1 aromatic rings. The van der Waals surface area contributed by atoms with E-state index in [0.717, 1.165) is 17.5 Å². The molecule has 0 saturated carbocycles. The number of nitrogens with zero attached hydrogens (tertiary/aromatic N) is 1. The standard InChI is InChI=1S/C15H17NO3/c1-11-4-6-12(7-5-11)8-9-14(17)16-10-2-3-13(16)15(18)19/h4-9,13H,2-3,10H2,1H3,(H,18,19)/b9-8+. The normalized spacial score (nSPS) is 19.0. The van der Waals surface area contributed by atoms with E-state index in [-0.39, 0.29) is 5.91 Å². The van der Waals surface area contributed by atoms with E-state index in [9.17, 15) is 9.59 Å². The SMILES string of the molecule is Cc1ccc(/C=C/C(=O)N2CCCC2C(=O)O)cc1. The maximum Gasteiger partial charge on any atom is 0.326 e. The minimum absolute atomic E-state index is 0.231. The Morgan fingerprint density at radius 2 is 2.00 bits per heavy atom. The highest BCUT2D eigenvalue weighted by Crippen LogP contribution is 2.18. The summed E-state index contributed by atoms with van der Waals surface area (Å²) in [5.74, 6) is -1.15. The number of rotatable bonds is 3. The van der Waals surface area contributed by atoms with Gasteiger partial charge in [0.05, 0.1) is 0 Å². The summed E-state index contributed by atoms with van der Waals surface area (Å²) in [7, 11) is 0. The fourth-order valence-corrected chi connectivity index (χ4v) is 2.23. The van der Waals surface area contributed by atoms with E-state index >= 15 is 0 Å². The van der Waals surface area contributed by atoms with Gasteiger partial charge in [0.15, 0.2) is 0 Å². The number of carbonyl (C=O) groups is 2. The van der Waals surface area contributed by atoms with Gasteiger partial charge in [-0.05, 0) is 31.4 Å². The van der Waals surface area contributed by atoms with Crippen LogP contribution in [0.3, 0.4) is 0 Å². The van der Waals surface area contributed by atoms with Gasteiger partial charge < -0.3 is 10.0 Å². The van der Waals surface area contributed by atoms with Gasteiger partial charge in [0, 0.05) is 12.6 Å². The molecule has 4 heteroatoms. The smallest absolute Gasteiger partial charge is 0.326 e. The average molecular weight is 259 g/mol. The zero-order chi connectivity index (χ0) is 13.8. The monoisotopic (exact) mass is 259 g/mol. The molecule has 1 aliphatic rings. The number of aliphatic carboxylic acids is 1. The summed E-state index contributed by atoms with van der Waals surface area (Å²) >= 11 is 0. The number of aryl methyl sites for hydroxylation is 1. The lowest BCUT2D eigenvalue weighted by Gasteiger charge is -2.19. The van der Waals surface area contributed by atoms with Gasteiger partial charge in [-0.15, -0.1) is 0 Å². The van der Waals surface area contributed by atoms with Crippen LogP contribution >= 0.6 is 0 Å². The number of likely N-dealkylation sites (tertiary alicyclic amines) is 1. The molecular formula is C15H17NO3. The fraction of sp³-hybridized carbons (Fsp3) is 0.333. The number of carboxylic acids is 1. The third-order valence-electron chi connectivity index (χ3n) is 3.32. The molecule has 1 aliphatic heterocycles. The Labute approximate surface area is 112 Å². The van der Waals surface area contributed by atoms with Gasteiger partial charge in [0.2, 0.25) is 5.91 Å². The lowest BCUT2D eigenvalue weighted by molar-refractivity contribution is -0.146. The van der Waals surface area contributed by atoms with Crippen LogP contribution in [0.25, 0.3) is 6.08 Å². The first kappa shape index (κ1) is 13.3. The maximum atomic E-state index is 12.0. The zero-order valence-electron chi connectivity index (χ0n) is 10.9. The Morgan fingerprint density at radius 1 is 1.32 bits per heavy atom. The van der Waals surface area contributed by atoms with Crippen LogP contribution in [0.4, 0.5) is 0 Å². The predicted molar refractivity (Wildman–Crippen MR) is 72.6 cm³/mol. The highest BCUT2D eigenvalue weighted by molar-refractivity contribution is 5.94. The third kappa shape index (κ3) is 3.22. The van der Waals surface area contributed by atoms with E-state index in [4.69, 9.17) is 5.11 Å². The molecule has 1 N–H and O–H groups in total. The van der Waals surface area contributed by atoms with Crippen LogP contribution in [0.2, 0.25) is 0 Å². The summed E-state index contributed by atoms with van der Waals surface area (Å²) in [6.45, 7) is 2.52. The van der Waals surface area contributed by atoms with E-state index < -0.39 is 12.0 Å². The summed E-state index contributed by atoms with van der Waals surface area (Å²) in [6, 6.07) is 7.13. The molecule has 1 amide bonds. The van der Waals surface area contributed by atoms with Crippen LogP contribution in [-0.4, -0.2) is 34.5 Å². The Kier molecular flexibility index (Phi) is 4.00. The minimum atomic E-state index is -0.922. The molecule has 4 nitrogen and oxygen atoms in total. The van der Waals surface area contributed by atoms with Gasteiger partial charge >= 0.3 is 5.97 Å². The molecule has 2 rings (SSSR count). The molecule has 0 bridgehead atoms. The molecule has 1 heterocycles. The minimum Gasteiger partial charge on any atom is -0.480 e. The van der Waals surface area contributed by atoms with Crippen LogP contribution in [0.5, 0.6) is 0 Å². The van der Waals surface area contributed by atoms with Crippen LogP contribution in [0, 0.1) is 6.92 Å². The molecule has 1 atom stereocenters. The Balaban J connectivity index is 2.04. The summed E-state index contributed by atoms with van der Waals surface area (Å²) in [5, 5.41) is 9.03. The van der Waals surface area contributed by atoms with Crippen molar-refractivity contribution in [3.05, 3.63) is 41.5 Å². The van der Waals surface area contributed by atoms with Gasteiger partial charge in [-0.1, -0.05) is 29.8 Å². The highest BCUT2D eigenvalue weighted by atomic mass is 16.4. The second-order valence-corrected chi connectivity index (χ2v) is 4.77. The number of amides is 1. The lowest BCUT2D eigenvalue weighted by Crippen LogP contribution is -2.39. The third-order valence-corrected chi connectivity index (χ3v) is 3.32. The highest BCUT2D eigenvalue weighted by Gasteiger charge is 2.32. The van der Waals surface area contributed by atoms with E-state index in [1.807, 2.05) is 31.2 Å². The number of carboxylic acid groups (broad SMARTS) is 1. The van der Waals surface area contributed by atoms with Gasteiger partial charge in [-0.2, -0.15) is 0 Å². The molecule has 0 spiro atoms. The number of hydrogen-bond acceptors (Lipinski definition) is 2. The van der Waals surface area contributed by atoms with Crippen molar-refractivity contribution in [3.8, 4) is 0 Å². The number of benzene rings is 1. The van der Waals surface area contributed by atoms with Crippen molar-refractivity contribution in [1.29, 1.82) is 0 Å². The second-order valence-electron chi connectivity index (χ2n) is 4.77. The van der Waals surface area contributed by atoms with E-state index in [1.165, 1.54) is 11.0 Å². The Bertz CT molecular complexity index is 505. The van der Waals surface area contributed by atoms with Gasteiger partial charge in [0.1, 0.15) is 6.04 Å². The first-order chi connectivity index (χ1) is 9.08. The number of hydrogen-bond donors (Lipinski definition) is 1. The van der Waals surface area contributed by atoms with Crippen molar-refractivity contribution in [2.75, 3.05) is 6.54 Å². The predicted octanol–water partition coefficient (Wildman–Crippen LogP) is 2.08. The molecule has 100 valence electrons. The maximum absolute atomic E-state index is 12.0. The van der Waals surface area contributed by atoms with Crippen LogP contribution in [-0.2, 0) is 9.59 Å². The summed E-state index contributed by atoms with van der Waals surface area (Å²) < 4.78 is 0. The Hall–Kier alpha value is -2.10. The summed E-state index contributed by atoms with van der Waals surface area (Å²) in [4.78, 5) is 24.4. The van der Waals surface area contributed by atoms with Crippen molar-refractivity contribution in [2.45, 2.75) is 25.8 Å². The van der Waals surface area contributed by atoms with Gasteiger partial charge in [0.25, 0.3) is 0 Å². The van der Waals surface area contributed by atoms with Gasteiger partial charge in [-0.25, -0.2) is 4.79 Å². The fourth-order valence-electron chi connectivity index (χ4n) is 2.23. The first-order valence-electron chi connectivity index (χ1n) is 6.36. The topological polar surface area (TPSA) is 57.6 Å². The van der Waals surface area contributed by atoms with Crippen LogP contribution in [0.1, 0.15) is 24.0 Å². The zero-order valence-corrected chi connectivity index (χ0v) is 10.9. The molecular weight excluding hydrogens is 242 g/mol. The molecule has 0 radical (unpaired) electrons. The van der Waals surface area contributed by atoms with E-state index in [0.29, 0.717) is 13.0 Å². The summed E-state index contributed by atoms with van der Waals surface area (Å²) in [6.07, 6.45) is 4.46. The van der Waals surface area contributed by atoms with E-state index in [1.54, 1.807) is 6.08 Å². The molecule has 19 heavy (non-hydrogen) atoms. The molecule has 1 saturated heterocycles. The molecule has 0 aliphatic carbocycles. The molecule has 1 aromatic carbocycles. The summed E-state index contributed by atoms with van der Waals surface area (Å²) in [5.41, 5.74) is 2.10. The molecule has 0 aromatic heterocycles. The Morgan fingerprint density at radius 3 is 2.63 bits per heavy atom. The van der Waals surface area contributed by atoms with Crippen molar-refractivity contribution >= 4 is 18.0 Å². The van der Waals surface area contributed by atoms with Crippen molar-refractivity contribution in [2.24, 2.45) is 0 Å². The quantitative estimate of drug-likeness (QED) is 0.845. The van der Waals surface area contributed by atoms with Crippen LogP contribution < -0.4 is 0 Å². The largest absolute Gasteiger partial charge is 0.480 e. The second kappa shape index (κ2) is 5.69. The van der Waals surface area contributed by atoms with Crippen molar-refractivity contribution < 1.29 is 14.7 Å². The van der Waals surface area contributed by atoms with Crippen molar-refractivity contribution in [1.82, 2.24) is 4.90 Å². The molecule has 1 unspecified atom stereocenters.